The monoisotopic (exact) mass is 668 g/mol. The average Bonchev–Trinajstić information content (AvgIpc) is 3.42. The number of allylic oxidation sites excluding steroid dienone is 1. The van der Waals surface area contributed by atoms with E-state index in [1.165, 1.54) is 18.2 Å². The zero-order valence-corrected chi connectivity index (χ0v) is 27.1. The lowest BCUT2D eigenvalue weighted by molar-refractivity contribution is -0.146. The van der Waals surface area contributed by atoms with Crippen LogP contribution in [0.1, 0.15) is 61.8 Å². The van der Waals surface area contributed by atoms with Crippen molar-refractivity contribution in [3.63, 3.8) is 0 Å². The van der Waals surface area contributed by atoms with Gasteiger partial charge in [-0.1, -0.05) is 89.4 Å². The van der Waals surface area contributed by atoms with Gasteiger partial charge in [-0.15, -0.1) is 5.10 Å². The smallest absolute Gasteiger partial charge is 0.338 e. The summed E-state index contributed by atoms with van der Waals surface area (Å²) >= 11 is 20.3. The first-order valence-electron chi connectivity index (χ1n) is 14.5. The molecule has 6 rings (SSSR count). The van der Waals surface area contributed by atoms with Crippen LogP contribution in [-0.4, -0.2) is 26.8 Å². The third-order valence-corrected chi connectivity index (χ3v) is 9.62. The van der Waals surface area contributed by atoms with Gasteiger partial charge in [-0.05, 0) is 74.1 Å². The van der Waals surface area contributed by atoms with Crippen LogP contribution in [0.5, 0.6) is 5.75 Å². The molecule has 1 atom stereocenters. The largest absolute Gasteiger partial charge is 0.489 e. The number of carbonyl (C=O) groups is 1. The number of hydrogen-bond donors (Lipinski definition) is 1. The summed E-state index contributed by atoms with van der Waals surface area (Å²) in [5, 5.41) is 10.5. The minimum absolute atomic E-state index is 0.0881. The summed E-state index contributed by atoms with van der Waals surface area (Å²) in [7, 11) is 0. The fraction of sp³-hybridized carbons (Fsp3) is 0.303. The van der Waals surface area contributed by atoms with Crippen LogP contribution in [0.3, 0.4) is 0 Å². The lowest BCUT2D eigenvalue weighted by atomic mass is 9.94. The Morgan fingerprint density at radius 3 is 2.59 bits per heavy atom. The molecule has 1 aliphatic heterocycles. The van der Waals surface area contributed by atoms with E-state index in [4.69, 9.17) is 54.4 Å². The van der Waals surface area contributed by atoms with Crippen LogP contribution in [0.25, 0.3) is 0 Å². The third kappa shape index (κ3) is 7.04. The second-order valence-corrected chi connectivity index (χ2v) is 13.1. The Hall–Kier alpha value is -3.17. The molecule has 228 valence electrons. The van der Waals surface area contributed by atoms with E-state index in [9.17, 15) is 4.79 Å². The summed E-state index contributed by atoms with van der Waals surface area (Å²) in [6.45, 7) is 2.14. The molecule has 0 spiro atoms. The summed E-state index contributed by atoms with van der Waals surface area (Å²) in [6.07, 6.45) is 4.97. The van der Waals surface area contributed by atoms with Crippen molar-refractivity contribution in [1.29, 1.82) is 0 Å². The number of esters is 1. The maximum absolute atomic E-state index is 13.8. The van der Waals surface area contributed by atoms with Crippen molar-refractivity contribution in [2.75, 3.05) is 5.32 Å². The van der Waals surface area contributed by atoms with Gasteiger partial charge in [0, 0.05) is 32.1 Å². The Bertz CT molecular complexity index is 1700. The fourth-order valence-electron chi connectivity index (χ4n) is 5.49. The molecule has 1 aliphatic carbocycles. The Labute approximate surface area is 275 Å². The van der Waals surface area contributed by atoms with Crippen LogP contribution >= 0.6 is 46.6 Å². The molecule has 4 aromatic rings. The molecule has 0 amide bonds. The molecule has 0 bridgehead atoms. The lowest BCUT2D eigenvalue weighted by Gasteiger charge is -2.30. The lowest BCUT2D eigenvalue weighted by Crippen LogP contribution is -2.32. The minimum atomic E-state index is -0.577. The van der Waals surface area contributed by atoms with Crippen LogP contribution in [0, 0.1) is 0 Å². The second kappa shape index (κ2) is 13.9. The topological polar surface area (TPSA) is 78.3 Å². The zero-order valence-electron chi connectivity index (χ0n) is 24.1. The molecular weight excluding hydrogens is 639 g/mol. The van der Waals surface area contributed by atoms with E-state index in [2.05, 4.69) is 5.32 Å². The van der Waals surface area contributed by atoms with Crippen molar-refractivity contribution < 1.29 is 14.3 Å². The predicted molar refractivity (Wildman–Crippen MR) is 176 cm³/mol. The number of aromatic nitrogens is 3. The Morgan fingerprint density at radius 2 is 1.80 bits per heavy atom. The van der Waals surface area contributed by atoms with Gasteiger partial charge in [-0.25, -0.2) is 9.48 Å². The highest BCUT2D eigenvalue weighted by Crippen LogP contribution is 2.39. The molecule has 1 fully saturated rings. The van der Waals surface area contributed by atoms with Gasteiger partial charge in [-0.3, -0.25) is 0 Å². The highest BCUT2D eigenvalue weighted by Gasteiger charge is 2.36. The molecule has 1 N–H and O–H groups in total. The molecule has 1 aromatic heterocycles. The number of benzene rings is 3. The summed E-state index contributed by atoms with van der Waals surface area (Å²) in [5.41, 5.74) is 3.80. The molecule has 2 heterocycles. The van der Waals surface area contributed by atoms with Crippen molar-refractivity contribution in [1.82, 2.24) is 14.8 Å². The van der Waals surface area contributed by atoms with E-state index < -0.39 is 6.04 Å². The molecule has 7 nitrogen and oxygen atoms in total. The highest BCUT2D eigenvalue weighted by atomic mass is 35.5. The number of nitrogens with one attached hydrogen (secondary N) is 1. The van der Waals surface area contributed by atoms with Crippen molar-refractivity contribution in [3.8, 4) is 5.75 Å². The van der Waals surface area contributed by atoms with Gasteiger partial charge in [0.05, 0.1) is 5.57 Å². The number of anilines is 1. The molecule has 1 unspecified atom stereocenters. The Morgan fingerprint density at radius 1 is 0.977 bits per heavy atom. The molecule has 0 radical (unpaired) electrons. The zero-order chi connectivity index (χ0) is 30.6. The van der Waals surface area contributed by atoms with Gasteiger partial charge in [-0.2, -0.15) is 4.98 Å². The number of rotatable bonds is 9. The van der Waals surface area contributed by atoms with Crippen LogP contribution in [0.4, 0.5) is 5.95 Å². The number of ether oxygens (including phenoxy) is 2. The van der Waals surface area contributed by atoms with E-state index in [1.807, 2.05) is 61.5 Å². The standard InChI is InChI=1S/C33H31Cl3N4O3S/c1-20-29(31(41)43-25-10-3-2-4-11-25)30(21-9-7-12-26(16-21)42-18-22-14-15-24(34)17-28(22)36)40-32(37-20)38-33(39-40)44-19-23-8-5-6-13-27(23)35/h5-9,12-17,25,30H,2-4,10-11,18-19H2,1H3,(H,37,38,39). The molecule has 3 aromatic carbocycles. The number of thioether (sulfide) groups is 1. The van der Waals surface area contributed by atoms with Crippen LogP contribution < -0.4 is 10.1 Å². The molecule has 11 heteroatoms. The van der Waals surface area contributed by atoms with Gasteiger partial charge in [0.2, 0.25) is 11.1 Å². The van der Waals surface area contributed by atoms with Gasteiger partial charge < -0.3 is 14.8 Å². The van der Waals surface area contributed by atoms with E-state index in [-0.39, 0.29) is 18.7 Å². The number of halogens is 3. The number of fused-ring (bicyclic) bond motifs is 1. The molecule has 2 aliphatic rings. The van der Waals surface area contributed by atoms with E-state index in [0.29, 0.717) is 48.9 Å². The van der Waals surface area contributed by atoms with Gasteiger partial charge in [0.15, 0.2) is 0 Å². The summed E-state index contributed by atoms with van der Waals surface area (Å²) in [5.74, 6) is 1.42. The summed E-state index contributed by atoms with van der Waals surface area (Å²) in [4.78, 5) is 18.6. The number of hydrogen-bond acceptors (Lipinski definition) is 7. The van der Waals surface area contributed by atoms with E-state index in [0.717, 1.165) is 42.4 Å². The maximum atomic E-state index is 13.8. The molecule has 44 heavy (non-hydrogen) atoms. The fourth-order valence-corrected chi connectivity index (χ4v) is 7.07. The second-order valence-electron chi connectivity index (χ2n) is 10.9. The van der Waals surface area contributed by atoms with Gasteiger partial charge in [0.25, 0.3) is 0 Å². The van der Waals surface area contributed by atoms with E-state index >= 15 is 0 Å². The van der Waals surface area contributed by atoms with Crippen LogP contribution in [0.15, 0.2) is 83.2 Å². The maximum Gasteiger partial charge on any atom is 0.338 e. The summed E-state index contributed by atoms with van der Waals surface area (Å²) in [6, 6.07) is 20.1. The quantitative estimate of drug-likeness (QED) is 0.141. The SMILES string of the molecule is CC1=C(C(=O)OC2CCCCC2)C(c2cccc(OCc3ccc(Cl)cc3Cl)c2)n2nc(SCc3ccccc3Cl)nc2N1. The minimum Gasteiger partial charge on any atom is -0.489 e. The third-order valence-electron chi connectivity index (χ3n) is 7.78. The molecular formula is C33H31Cl3N4O3S. The van der Waals surface area contributed by atoms with Crippen LogP contribution in [-0.2, 0) is 21.9 Å². The van der Waals surface area contributed by atoms with E-state index in [1.54, 1.807) is 16.8 Å². The van der Waals surface area contributed by atoms with Crippen molar-refractivity contribution >= 4 is 58.5 Å². The van der Waals surface area contributed by atoms with Gasteiger partial charge in [0.1, 0.15) is 24.5 Å². The Kier molecular flexibility index (Phi) is 9.71. The summed E-state index contributed by atoms with van der Waals surface area (Å²) < 4.78 is 14.0. The number of nitrogens with zero attached hydrogens (tertiary/aromatic N) is 3. The van der Waals surface area contributed by atoms with Crippen molar-refractivity contribution in [3.05, 3.63) is 110 Å². The van der Waals surface area contributed by atoms with Crippen molar-refractivity contribution in [2.45, 2.75) is 68.7 Å². The molecule has 0 saturated heterocycles. The average molecular weight is 670 g/mol. The Balaban J connectivity index is 1.31. The first-order chi connectivity index (χ1) is 21.4. The first-order valence-corrected chi connectivity index (χ1v) is 16.7. The number of carbonyl (C=O) groups excluding carboxylic acids is 1. The molecule has 1 saturated carbocycles. The van der Waals surface area contributed by atoms with Crippen LogP contribution in [0.2, 0.25) is 15.1 Å². The van der Waals surface area contributed by atoms with Gasteiger partial charge >= 0.3 is 5.97 Å². The predicted octanol–water partition coefficient (Wildman–Crippen LogP) is 9.27. The van der Waals surface area contributed by atoms with Crippen molar-refractivity contribution in [2.24, 2.45) is 0 Å². The first kappa shape index (κ1) is 30.8. The highest BCUT2D eigenvalue weighted by molar-refractivity contribution is 7.98. The normalized spacial score (nSPS) is 16.8.